The van der Waals surface area contributed by atoms with Gasteiger partial charge < -0.3 is 0 Å². The normalized spacial score (nSPS) is 17.7. The molecule has 0 nitrogen and oxygen atoms in total. The van der Waals surface area contributed by atoms with E-state index < -0.39 is 0 Å². The molecule has 1 aliphatic rings. The van der Waals surface area contributed by atoms with Crippen LogP contribution in [0.4, 0.5) is 0 Å². The van der Waals surface area contributed by atoms with Crippen LogP contribution in [0.3, 0.4) is 0 Å². The number of allylic oxidation sites excluding steroid dienone is 4. The predicted molar refractivity (Wildman–Crippen MR) is 50.0 cm³/mol. The van der Waals surface area contributed by atoms with E-state index in [0.29, 0.717) is 0 Å². The zero-order chi connectivity index (χ0) is 7.40. The van der Waals surface area contributed by atoms with Gasteiger partial charge in [-0.1, -0.05) is 43.3 Å². The van der Waals surface area contributed by atoms with Crippen molar-refractivity contribution in [2.24, 2.45) is 5.92 Å². The molecule has 1 aliphatic carbocycles. The molecule has 0 aliphatic heterocycles. The quantitative estimate of drug-likeness (QED) is 0.543. The molecular weight excluding hydrogens is 136 g/mol. The molecule has 0 aromatic heterocycles. The van der Waals surface area contributed by atoms with E-state index in [1.165, 1.54) is 12.5 Å². The summed E-state index contributed by atoms with van der Waals surface area (Å²) in [6, 6.07) is 1.48. The third kappa shape index (κ3) is 2.52. The Morgan fingerprint density at radius 2 is 2.40 bits per heavy atom. The van der Waals surface area contributed by atoms with Crippen molar-refractivity contribution in [3.8, 4) is 0 Å². The molecular formula is C9H16Si. The van der Waals surface area contributed by atoms with Gasteiger partial charge in [0.2, 0.25) is 0 Å². The van der Waals surface area contributed by atoms with Crippen molar-refractivity contribution in [2.45, 2.75) is 26.3 Å². The summed E-state index contributed by atoms with van der Waals surface area (Å²) in [4.78, 5) is 0. The Morgan fingerprint density at radius 1 is 1.60 bits per heavy atom. The topological polar surface area (TPSA) is 0 Å². The van der Waals surface area contributed by atoms with Crippen LogP contribution in [0.15, 0.2) is 23.4 Å². The first-order valence-corrected chi connectivity index (χ1v) is 5.84. The second-order valence-electron chi connectivity index (χ2n) is 3.39. The van der Waals surface area contributed by atoms with Gasteiger partial charge in [0.15, 0.2) is 0 Å². The molecule has 0 heterocycles. The minimum Gasteiger partial charge on any atom is -0.0842 e. The summed E-state index contributed by atoms with van der Waals surface area (Å²) >= 11 is 0. The lowest BCUT2D eigenvalue weighted by Gasteiger charge is -2.03. The average molecular weight is 152 g/mol. The van der Waals surface area contributed by atoms with E-state index in [9.17, 15) is 0 Å². The molecule has 0 fully saturated rings. The molecule has 0 aromatic carbocycles. The SMILES string of the molecule is CC(C)C[SiH2]C1=CC=CC1. The first-order valence-electron chi connectivity index (χ1n) is 4.13. The zero-order valence-electron chi connectivity index (χ0n) is 6.93. The van der Waals surface area contributed by atoms with Crippen LogP contribution in [-0.4, -0.2) is 9.52 Å². The minimum atomic E-state index is 0.139. The van der Waals surface area contributed by atoms with Gasteiger partial charge in [-0.15, -0.1) is 0 Å². The Kier molecular flexibility index (Phi) is 2.94. The van der Waals surface area contributed by atoms with Crippen molar-refractivity contribution in [2.75, 3.05) is 0 Å². The Hall–Kier alpha value is -0.303. The minimum absolute atomic E-state index is 0.139. The van der Waals surface area contributed by atoms with E-state index in [0.717, 1.165) is 5.92 Å². The second-order valence-corrected chi connectivity index (χ2v) is 5.38. The smallest absolute Gasteiger partial charge is 0.0502 e. The van der Waals surface area contributed by atoms with Gasteiger partial charge in [0.25, 0.3) is 0 Å². The van der Waals surface area contributed by atoms with Crippen LogP contribution in [-0.2, 0) is 0 Å². The van der Waals surface area contributed by atoms with Crippen LogP contribution >= 0.6 is 0 Å². The van der Waals surface area contributed by atoms with Crippen LogP contribution in [0.2, 0.25) is 6.04 Å². The lowest BCUT2D eigenvalue weighted by atomic mass is 10.3. The molecule has 0 spiro atoms. The largest absolute Gasteiger partial charge is 0.0842 e. The third-order valence-electron chi connectivity index (χ3n) is 1.89. The molecule has 0 amide bonds. The first-order chi connectivity index (χ1) is 4.79. The monoisotopic (exact) mass is 152 g/mol. The van der Waals surface area contributed by atoms with Gasteiger partial charge in [-0.05, 0) is 12.3 Å². The van der Waals surface area contributed by atoms with Crippen LogP contribution in [0.5, 0.6) is 0 Å². The predicted octanol–water partition coefficient (Wildman–Crippen LogP) is 2.07. The fourth-order valence-electron chi connectivity index (χ4n) is 1.15. The second kappa shape index (κ2) is 3.77. The molecule has 0 bridgehead atoms. The maximum Gasteiger partial charge on any atom is 0.0502 e. The zero-order valence-corrected chi connectivity index (χ0v) is 8.34. The van der Waals surface area contributed by atoms with Gasteiger partial charge in [-0.2, -0.15) is 0 Å². The fraction of sp³-hybridized carbons (Fsp3) is 0.556. The van der Waals surface area contributed by atoms with Gasteiger partial charge in [0, 0.05) is 0 Å². The fourth-order valence-corrected chi connectivity index (χ4v) is 2.77. The van der Waals surface area contributed by atoms with E-state index >= 15 is 0 Å². The molecule has 1 heteroatoms. The van der Waals surface area contributed by atoms with Crippen LogP contribution in [0.25, 0.3) is 0 Å². The van der Waals surface area contributed by atoms with Gasteiger partial charge in [0.1, 0.15) is 0 Å². The van der Waals surface area contributed by atoms with Gasteiger partial charge in [-0.3, -0.25) is 0 Å². The van der Waals surface area contributed by atoms with Crippen molar-refractivity contribution < 1.29 is 0 Å². The lowest BCUT2D eigenvalue weighted by Crippen LogP contribution is -1.98. The summed E-state index contributed by atoms with van der Waals surface area (Å²) in [7, 11) is 0.139. The van der Waals surface area contributed by atoms with Gasteiger partial charge in [-0.25, -0.2) is 0 Å². The maximum atomic E-state index is 2.32. The van der Waals surface area contributed by atoms with Gasteiger partial charge in [0.05, 0.1) is 9.52 Å². The summed E-state index contributed by atoms with van der Waals surface area (Å²) in [6.07, 6.45) is 8.04. The van der Waals surface area contributed by atoms with E-state index in [4.69, 9.17) is 0 Å². The van der Waals surface area contributed by atoms with Crippen molar-refractivity contribution in [1.82, 2.24) is 0 Å². The Balaban J connectivity index is 2.15. The molecule has 56 valence electrons. The van der Waals surface area contributed by atoms with Gasteiger partial charge >= 0.3 is 0 Å². The highest BCUT2D eigenvalue weighted by atomic mass is 28.2. The number of hydrogen-bond acceptors (Lipinski definition) is 0. The van der Waals surface area contributed by atoms with Crippen LogP contribution in [0.1, 0.15) is 20.3 Å². The highest BCUT2D eigenvalue weighted by Crippen LogP contribution is 2.12. The summed E-state index contributed by atoms with van der Waals surface area (Å²) < 4.78 is 0. The number of rotatable bonds is 3. The molecule has 0 N–H and O–H groups in total. The van der Waals surface area contributed by atoms with E-state index in [-0.39, 0.29) is 9.52 Å². The highest BCUT2D eigenvalue weighted by molar-refractivity contribution is 6.45. The lowest BCUT2D eigenvalue weighted by molar-refractivity contribution is 0.731. The van der Waals surface area contributed by atoms with Crippen molar-refractivity contribution in [1.29, 1.82) is 0 Å². The molecule has 0 unspecified atom stereocenters. The van der Waals surface area contributed by atoms with E-state index in [1.54, 1.807) is 5.20 Å². The molecule has 0 aromatic rings. The molecule has 0 atom stereocenters. The average Bonchev–Trinajstić information content (AvgIpc) is 2.34. The number of hydrogen-bond donors (Lipinski definition) is 0. The third-order valence-corrected chi connectivity index (χ3v) is 4.50. The van der Waals surface area contributed by atoms with E-state index in [1.807, 2.05) is 0 Å². The van der Waals surface area contributed by atoms with Crippen LogP contribution < -0.4 is 0 Å². The highest BCUT2D eigenvalue weighted by Gasteiger charge is 2.01. The summed E-state index contributed by atoms with van der Waals surface area (Å²) in [5.74, 6) is 0.910. The molecule has 0 radical (unpaired) electrons. The molecule has 1 rings (SSSR count). The molecule has 0 saturated carbocycles. The van der Waals surface area contributed by atoms with Crippen molar-refractivity contribution in [3.05, 3.63) is 23.4 Å². The van der Waals surface area contributed by atoms with Crippen LogP contribution in [0, 0.1) is 5.92 Å². The summed E-state index contributed by atoms with van der Waals surface area (Å²) in [5.41, 5.74) is 0. The molecule has 0 saturated heterocycles. The Labute approximate surface area is 65.8 Å². The first kappa shape index (κ1) is 7.80. The van der Waals surface area contributed by atoms with E-state index in [2.05, 4.69) is 32.1 Å². The van der Waals surface area contributed by atoms with Crippen molar-refractivity contribution >= 4 is 9.52 Å². The summed E-state index contributed by atoms with van der Waals surface area (Å²) in [6.45, 7) is 4.63. The Morgan fingerprint density at radius 3 is 2.90 bits per heavy atom. The standard InChI is InChI=1S/C9H16Si/c1-8(2)7-10-9-5-3-4-6-9/h3-5,8H,6-7,10H2,1-2H3. The summed E-state index contributed by atoms with van der Waals surface area (Å²) in [5, 5.41) is 1.74. The Bertz CT molecular complexity index is 154. The maximum absolute atomic E-state index is 2.32. The van der Waals surface area contributed by atoms with Crippen molar-refractivity contribution in [3.63, 3.8) is 0 Å². The molecule has 10 heavy (non-hydrogen) atoms.